The molecule has 2 aromatic carbocycles. The van der Waals surface area contributed by atoms with Crippen LogP contribution in [0.25, 0.3) is 0 Å². The van der Waals surface area contributed by atoms with Crippen LogP contribution in [-0.4, -0.2) is 31.7 Å². The summed E-state index contributed by atoms with van der Waals surface area (Å²) >= 11 is 1.44. The molecule has 0 aliphatic carbocycles. The lowest BCUT2D eigenvalue weighted by atomic mass is 10.1. The molecular weight excluding hydrogens is 326 g/mol. The van der Waals surface area contributed by atoms with E-state index >= 15 is 0 Å². The van der Waals surface area contributed by atoms with Crippen LogP contribution in [0.5, 0.6) is 11.5 Å². The molecule has 2 aromatic rings. The molecule has 1 N–H and O–H groups in total. The molecule has 0 fully saturated rings. The van der Waals surface area contributed by atoms with E-state index in [1.807, 2.05) is 24.3 Å². The third-order valence-corrected chi connectivity index (χ3v) is 4.26. The van der Waals surface area contributed by atoms with Gasteiger partial charge in [0.25, 0.3) is 0 Å². The number of nitrogens with one attached hydrogen (secondary N) is 1. The van der Waals surface area contributed by atoms with Crippen LogP contribution in [0.1, 0.15) is 17.3 Å². The van der Waals surface area contributed by atoms with Gasteiger partial charge in [-0.2, -0.15) is 0 Å². The molecule has 0 aliphatic rings. The van der Waals surface area contributed by atoms with Gasteiger partial charge in [-0.15, -0.1) is 11.8 Å². The molecule has 1 amide bonds. The summed E-state index contributed by atoms with van der Waals surface area (Å²) in [7, 11) is 3.09. The molecule has 0 heterocycles. The summed E-state index contributed by atoms with van der Waals surface area (Å²) in [5.74, 6) is 1.34. The Labute approximate surface area is 145 Å². The molecule has 0 radical (unpaired) electrons. The van der Waals surface area contributed by atoms with E-state index in [-0.39, 0.29) is 11.7 Å². The van der Waals surface area contributed by atoms with Gasteiger partial charge in [0.15, 0.2) is 17.3 Å². The molecule has 0 saturated heterocycles. The van der Waals surface area contributed by atoms with Crippen molar-refractivity contribution in [3.8, 4) is 11.5 Å². The van der Waals surface area contributed by atoms with Crippen LogP contribution in [0, 0.1) is 0 Å². The molecule has 2 rings (SSSR count). The molecule has 5 nitrogen and oxygen atoms in total. The number of ether oxygens (including phenoxy) is 2. The van der Waals surface area contributed by atoms with Gasteiger partial charge in [0.1, 0.15) is 0 Å². The van der Waals surface area contributed by atoms with Gasteiger partial charge in [-0.3, -0.25) is 9.59 Å². The van der Waals surface area contributed by atoms with Crippen LogP contribution in [0.4, 0.5) is 5.69 Å². The molecule has 0 spiro atoms. The van der Waals surface area contributed by atoms with Crippen molar-refractivity contribution in [2.75, 3.05) is 25.3 Å². The number of Topliss-reactive ketones (excluding diaryl/α,β-unsaturated/α-hetero) is 1. The van der Waals surface area contributed by atoms with Crippen molar-refractivity contribution in [2.24, 2.45) is 0 Å². The SMILES string of the molecule is COc1ccc(C(=O)CSc2ccc(NC(C)=O)cc2)cc1OC. The minimum atomic E-state index is -0.112. The fourth-order valence-electron chi connectivity index (χ4n) is 2.08. The van der Waals surface area contributed by atoms with Crippen molar-refractivity contribution >= 4 is 29.1 Å². The third-order valence-electron chi connectivity index (χ3n) is 3.25. The molecule has 0 aromatic heterocycles. The van der Waals surface area contributed by atoms with Gasteiger partial charge in [-0.1, -0.05) is 0 Å². The number of carbonyl (C=O) groups is 2. The first-order valence-electron chi connectivity index (χ1n) is 7.29. The number of ketones is 1. The van der Waals surface area contributed by atoms with E-state index in [4.69, 9.17) is 9.47 Å². The van der Waals surface area contributed by atoms with Gasteiger partial charge < -0.3 is 14.8 Å². The fraction of sp³-hybridized carbons (Fsp3) is 0.222. The van der Waals surface area contributed by atoms with E-state index in [0.717, 1.165) is 10.6 Å². The molecule has 6 heteroatoms. The smallest absolute Gasteiger partial charge is 0.221 e. The number of carbonyl (C=O) groups excluding carboxylic acids is 2. The second-order valence-electron chi connectivity index (χ2n) is 4.99. The fourth-order valence-corrected chi connectivity index (χ4v) is 2.87. The summed E-state index contributed by atoms with van der Waals surface area (Å²) in [5, 5.41) is 2.71. The highest BCUT2D eigenvalue weighted by Gasteiger charge is 2.11. The summed E-state index contributed by atoms with van der Waals surface area (Å²) in [6, 6.07) is 12.5. The molecule has 0 aliphatic heterocycles. The molecule has 0 bridgehead atoms. The van der Waals surface area contributed by atoms with Crippen molar-refractivity contribution in [2.45, 2.75) is 11.8 Å². The normalized spacial score (nSPS) is 10.1. The maximum atomic E-state index is 12.3. The molecular formula is C18H19NO4S. The van der Waals surface area contributed by atoms with E-state index in [1.165, 1.54) is 25.8 Å². The van der Waals surface area contributed by atoms with Gasteiger partial charge in [0.2, 0.25) is 5.91 Å². The average Bonchev–Trinajstić information content (AvgIpc) is 2.59. The average molecular weight is 345 g/mol. The Kier molecular flexibility index (Phi) is 6.26. The zero-order valence-electron chi connectivity index (χ0n) is 13.8. The first kappa shape index (κ1) is 17.9. The quantitative estimate of drug-likeness (QED) is 0.613. The maximum absolute atomic E-state index is 12.3. The van der Waals surface area contributed by atoms with Crippen molar-refractivity contribution in [3.63, 3.8) is 0 Å². The van der Waals surface area contributed by atoms with Crippen LogP contribution in [0.3, 0.4) is 0 Å². The minimum absolute atomic E-state index is 0.00638. The van der Waals surface area contributed by atoms with Crippen molar-refractivity contribution in [1.29, 1.82) is 0 Å². The Morgan fingerprint density at radius 3 is 2.25 bits per heavy atom. The van der Waals surface area contributed by atoms with E-state index in [0.29, 0.717) is 22.8 Å². The second kappa shape index (κ2) is 8.40. The number of thioether (sulfide) groups is 1. The number of methoxy groups -OCH3 is 2. The Bertz CT molecular complexity index is 728. The van der Waals surface area contributed by atoms with Gasteiger partial charge in [-0.05, 0) is 42.5 Å². The largest absolute Gasteiger partial charge is 0.493 e. The van der Waals surface area contributed by atoms with Crippen LogP contribution in [0.15, 0.2) is 47.4 Å². The summed E-state index contributed by atoms with van der Waals surface area (Å²) < 4.78 is 10.4. The van der Waals surface area contributed by atoms with Crippen LogP contribution < -0.4 is 14.8 Å². The van der Waals surface area contributed by atoms with E-state index in [1.54, 1.807) is 25.3 Å². The van der Waals surface area contributed by atoms with Gasteiger partial charge in [-0.25, -0.2) is 0 Å². The first-order chi connectivity index (χ1) is 11.5. The number of benzene rings is 2. The monoisotopic (exact) mass is 345 g/mol. The highest BCUT2D eigenvalue weighted by atomic mass is 32.2. The molecule has 0 atom stereocenters. The summed E-state index contributed by atoms with van der Waals surface area (Å²) in [6.45, 7) is 1.46. The lowest BCUT2D eigenvalue weighted by Gasteiger charge is -2.09. The first-order valence-corrected chi connectivity index (χ1v) is 8.27. The van der Waals surface area contributed by atoms with Gasteiger partial charge in [0, 0.05) is 23.1 Å². The highest BCUT2D eigenvalue weighted by Crippen LogP contribution is 2.28. The Balaban J connectivity index is 1.99. The summed E-state index contributed by atoms with van der Waals surface area (Å²) in [4.78, 5) is 24.3. The number of amides is 1. The lowest BCUT2D eigenvalue weighted by molar-refractivity contribution is -0.114. The Hall–Kier alpha value is -2.47. The third kappa shape index (κ3) is 4.76. The van der Waals surface area contributed by atoms with Crippen LogP contribution in [0.2, 0.25) is 0 Å². The van der Waals surface area contributed by atoms with Gasteiger partial charge >= 0.3 is 0 Å². The maximum Gasteiger partial charge on any atom is 0.221 e. The topological polar surface area (TPSA) is 64.6 Å². The highest BCUT2D eigenvalue weighted by molar-refractivity contribution is 8.00. The Morgan fingerprint density at radius 1 is 1.00 bits per heavy atom. The molecule has 0 unspecified atom stereocenters. The standard InChI is InChI=1S/C18H19NO4S/c1-12(20)19-14-5-7-15(8-6-14)24-11-16(21)13-4-9-17(22-2)18(10-13)23-3/h4-10H,11H2,1-3H3,(H,19,20). The summed E-state index contributed by atoms with van der Waals surface area (Å²) in [6.07, 6.45) is 0. The number of rotatable bonds is 7. The van der Waals surface area contributed by atoms with Crippen molar-refractivity contribution in [3.05, 3.63) is 48.0 Å². The Morgan fingerprint density at radius 2 is 1.67 bits per heavy atom. The summed E-state index contributed by atoms with van der Waals surface area (Å²) in [5.41, 5.74) is 1.31. The van der Waals surface area contributed by atoms with Crippen LogP contribution in [-0.2, 0) is 4.79 Å². The minimum Gasteiger partial charge on any atom is -0.493 e. The predicted octanol–water partition coefficient (Wildman–Crippen LogP) is 3.64. The number of hydrogen-bond donors (Lipinski definition) is 1. The predicted molar refractivity (Wildman–Crippen MR) is 95.3 cm³/mol. The van der Waals surface area contributed by atoms with E-state index in [2.05, 4.69) is 5.32 Å². The number of hydrogen-bond acceptors (Lipinski definition) is 5. The number of anilines is 1. The second-order valence-corrected chi connectivity index (χ2v) is 6.04. The van der Waals surface area contributed by atoms with Gasteiger partial charge in [0.05, 0.1) is 20.0 Å². The van der Waals surface area contributed by atoms with Crippen molar-refractivity contribution in [1.82, 2.24) is 0 Å². The lowest BCUT2D eigenvalue weighted by Crippen LogP contribution is -2.05. The van der Waals surface area contributed by atoms with E-state index in [9.17, 15) is 9.59 Å². The molecule has 0 saturated carbocycles. The van der Waals surface area contributed by atoms with Crippen LogP contribution >= 0.6 is 11.8 Å². The molecule has 24 heavy (non-hydrogen) atoms. The van der Waals surface area contributed by atoms with Crippen molar-refractivity contribution < 1.29 is 19.1 Å². The zero-order chi connectivity index (χ0) is 17.5. The zero-order valence-corrected chi connectivity index (χ0v) is 14.6. The van der Waals surface area contributed by atoms with E-state index < -0.39 is 0 Å². The molecule has 126 valence electrons.